The molecule has 0 fully saturated rings. The van der Waals surface area contributed by atoms with E-state index in [2.05, 4.69) is 25.9 Å². The molecular weight excluding hydrogens is 413 g/mol. The second-order valence-corrected chi connectivity index (χ2v) is 7.03. The molecule has 0 aliphatic carbocycles. The van der Waals surface area contributed by atoms with Crippen molar-refractivity contribution >= 4 is 34.9 Å². The smallest absolute Gasteiger partial charge is 0.229 e. The number of carbonyl (C=O) groups excluding carboxylic acids is 1. The highest BCUT2D eigenvalue weighted by atomic mass is 35.5. The Morgan fingerprint density at radius 3 is 2.48 bits per heavy atom. The highest BCUT2D eigenvalue weighted by Gasteiger charge is 2.12. The Bertz CT molecular complexity index is 1100. The second-order valence-electron chi connectivity index (χ2n) is 6.22. The van der Waals surface area contributed by atoms with Gasteiger partial charge < -0.3 is 5.32 Å². The summed E-state index contributed by atoms with van der Waals surface area (Å²) in [5.41, 5.74) is 2.42. The van der Waals surface area contributed by atoms with Crippen LogP contribution >= 0.6 is 23.2 Å². The SMILES string of the molecule is O=C(Cc1ccc(-n2cnnn2)cc1)Nc1ccnn1Cc1c(Cl)cccc1Cl. The lowest BCUT2D eigenvalue weighted by atomic mass is 10.1. The van der Waals surface area contributed by atoms with Crippen molar-refractivity contribution in [1.82, 2.24) is 30.0 Å². The van der Waals surface area contributed by atoms with Gasteiger partial charge in [0.1, 0.15) is 12.1 Å². The molecule has 2 aromatic carbocycles. The van der Waals surface area contributed by atoms with Crippen molar-refractivity contribution in [3.05, 3.63) is 82.2 Å². The summed E-state index contributed by atoms with van der Waals surface area (Å²) in [7, 11) is 0. The molecule has 0 radical (unpaired) electrons. The lowest BCUT2D eigenvalue weighted by molar-refractivity contribution is -0.115. The quantitative estimate of drug-likeness (QED) is 0.509. The normalized spacial score (nSPS) is 10.8. The number of nitrogens with one attached hydrogen (secondary N) is 1. The maximum atomic E-state index is 12.5. The summed E-state index contributed by atoms with van der Waals surface area (Å²) in [6.45, 7) is 0.349. The number of nitrogens with zero attached hydrogens (tertiary/aromatic N) is 6. The van der Waals surface area contributed by atoms with Gasteiger partial charge in [-0.25, -0.2) is 9.36 Å². The van der Waals surface area contributed by atoms with Gasteiger partial charge in [0.25, 0.3) is 0 Å². The van der Waals surface area contributed by atoms with E-state index >= 15 is 0 Å². The van der Waals surface area contributed by atoms with E-state index in [-0.39, 0.29) is 12.3 Å². The van der Waals surface area contributed by atoms with Crippen LogP contribution in [0.15, 0.2) is 61.1 Å². The van der Waals surface area contributed by atoms with Gasteiger partial charge in [0.15, 0.2) is 0 Å². The largest absolute Gasteiger partial charge is 0.311 e. The van der Waals surface area contributed by atoms with Crippen LogP contribution in [0.25, 0.3) is 5.69 Å². The van der Waals surface area contributed by atoms with Gasteiger partial charge in [-0.15, -0.1) is 5.10 Å². The number of rotatable bonds is 6. The molecule has 0 bridgehead atoms. The molecular formula is C19H15Cl2N7O. The predicted octanol–water partition coefficient (Wildman–Crippen LogP) is 3.40. The van der Waals surface area contributed by atoms with Crippen molar-refractivity contribution in [1.29, 1.82) is 0 Å². The number of benzene rings is 2. The third-order valence-electron chi connectivity index (χ3n) is 4.27. The number of carbonyl (C=O) groups is 1. The van der Waals surface area contributed by atoms with Crippen molar-refractivity contribution in [2.24, 2.45) is 0 Å². The van der Waals surface area contributed by atoms with Crippen molar-refractivity contribution in [2.45, 2.75) is 13.0 Å². The molecule has 0 saturated carbocycles. The highest BCUT2D eigenvalue weighted by Crippen LogP contribution is 2.26. The number of amides is 1. The predicted molar refractivity (Wildman–Crippen MR) is 109 cm³/mol. The number of aromatic nitrogens is 6. The van der Waals surface area contributed by atoms with E-state index in [1.54, 1.807) is 39.8 Å². The first-order valence-corrected chi connectivity index (χ1v) is 9.42. The molecule has 0 atom stereocenters. The number of hydrogen-bond donors (Lipinski definition) is 1. The van der Waals surface area contributed by atoms with Crippen LogP contribution in [0.3, 0.4) is 0 Å². The van der Waals surface area contributed by atoms with Gasteiger partial charge in [0.2, 0.25) is 5.91 Å². The lowest BCUT2D eigenvalue weighted by Gasteiger charge is -2.11. The Morgan fingerprint density at radius 2 is 1.79 bits per heavy atom. The lowest BCUT2D eigenvalue weighted by Crippen LogP contribution is -2.18. The molecule has 1 amide bonds. The number of tetrazole rings is 1. The standard InChI is InChI=1S/C19H15Cl2N7O/c20-16-2-1-3-17(21)15(16)11-27-18(8-9-23-27)24-19(29)10-13-4-6-14(7-5-13)28-12-22-25-26-28/h1-9,12H,10-11H2,(H,24,29). The molecule has 1 N–H and O–H groups in total. The molecule has 2 aromatic heterocycles. The zero-order valence-corrected chi connectivity index (χ0v) is 16.5. The van der Waals surface area contributed by atoms with Crippen LogP contribution in [0.4, 0.5) is 5.82 Å². The zero-order chi connectivity index (χ0) is 20.2. The van der Waals surface area contributed by atoms with Crippen molar-refractivity contribution in [3.63, 3.8) is 0 Å². The minimum absolute atomic E-state index is 0.160. The second kappa shape index (κ2) is 8.42. The third-order valence-corrected chi connectivity index (χ3v) is 4.98. The van der Waals surface area contributed by atoms with E-state index in [1.807, 2.05) is 24.3 Å². The van der Waals surface area contributed by atoms with E-state index in [4.69, 9.17) is 23.2 Å². The summed E-state index contributed by atoms with van der Waals surface area (Å²) in [5, 5.41) is 19.3. The minimum Gasteiger partial charge on any atom is -0.311 e. The molecule has 4 aromatic rings. The first-order chi connectivity index (χ1) is 14.1. The van der Waals surface area contributed by atoms with Crippen LogP contribution < -0.4 is 5.32 Å². The van der Waals surface area contributed by atoms with E-state index in [1.165, 1.54) is 6.33 Å². The fourth-order valence-electron chi connectivity index (χ4n) is 2.82. The molecule has 29 heavy (non-hydrogen) atoms. The molecule has 0 spiro atoms. The summed E-state index contributed by atoms with van der Waals surface area (Å²) >= 11 is 12.5. The van der Waals surface area contributed by atoms with Crippen LogP contribution in [0.5, 0.6) is 0 Å². The molecule has 146 valence electrons. The Labute approximate surface area is 176 Å². The summed E-state index contributed by atoms with van der Waals surface area (Å²) in [4.78, 5) is 12.5. The maximum Gasteiger partial charge on any atom is 0.229 e. The van der Waals surface area contributed by atoms with Crippen molar-refractivity contribution < 1.29 is 4.79 Å². The molecule has 10 heteroatoms. The first-order valence-electron chi connectivity index (χ1n) is 8.67. The van der Waals surface area contributed by atoms with Crippen molar-refractivity contribution in [2.75, 3.05) is 5.32 Å². The monoisotopic (exact) mass is 427 g/mol. The van der Waals surface area contributed by atoms with Gasteiger partial charge in [0, 0.05) is 21.7 Å². The average molecular weight is 428 g/mol. The number of anilines is 1. The Kier molecular flexibility index (Phi) is 5.55. The fourth-order valence-corrected chi connectivity index (χ4v) is 3.33. The van der Waals surface area contributed by atoms with E-state index in [0.29, 0.717) is 22.4 Å². The average Bonchev–Trinajstić information content (AvgIpc) is 3.38. The molecule has 2 heterocycles. The van der Waals surface area contributed by atoms with Gasteiger partial charge in [-0.1, -0.05) is 41.4 Å². The number of hydrogen-bond acceptors (Lipinski definition) is 5. The highest BCUT2D eigenvalue weighted by molar-refractivity contribution is 6.36. The van der Waals surface area contributed by atoms with Crippen LogP contribution in [0, 0.1) is 0 Å². The first kappa shape index (κ1) is 19.1. The molecule has 8 nitrogen and oxygen atoms in total. The van der Waals surface area contributed by atoms with Gasteiger partial charge in [0.05, 0.1) is 24.8 Å². The molecule has 0 saturated heterocycles. The minimum atomic E-state index is -0.160. The van der Waals surface area contributed by atoms with Gasteiger partial charge in [-0.2, -0.15) is 5.10 Å². The Hall–Kier alpha value is -3.23. The van der Waals surface area contributed by atoms with E-state index in [9.17, 15) is 4.79 Å². The fraction of sp³-hybridized carbons (Fsp3) is 0.105. The van der Waals surface area contributed by atoms with Crippen molar-refractivity contribution in [3.8, 4) is 5.69 Å². The zero-order valence-electron chi connectivity index (χ0n) is 15.0. The summed E-state index contributed by atoms with van der Waals surface area (Å²) in [5.74, 6) is 0.406. The van der Waals surface area contributed by atoms with Crippen LogP contribution in [0.1, 0.15) is 11.1 Å². The molecule has 0 unspecified atom stereocenters. The number of halogens is 2. The molecule has 0 aliphatic heterocycles. The van der Waals surface area contributed by atoms with Gasteiger partial charge in [-0.05, 0) is 40.3 Å². The van der Waals surface area contributed by atoms with Gasteiger partial charge >= 0.3 is 0 Å². The summed E-state index contributed by atoms with van der Waals surface area (Å²) in [6.07, 6.45) is 3.34. The van der Waals surface area contributed by atoms with E-state index in [0.717, 1.165) is 16.8 Å². The Balaban J connectivity index is 1.42. The topological polar surface area (TPSA) is 90.5 Å². The van der Waals surface area contributed by atoms with Crippen LogP contribution in [-0.4, -0.2) is 35.9 Å². The summed E-state index contributed by atoms with van der Waals surface area (Å²) in [6, 6.07) is 14.5. The van der Waals surface area contributed by atoms with Gasteiger partial charge in [-0.3, -0.25) is 4.79 Å². The van der Waals surface area contributed by atoms with Crippen LogP contribution in [-0.2, 0) is 17.8 Å². The molecule has 0 aliphatic rings. The molecule has 4 rings (SSSR count). The third kappa shape index (κ3) is 4.44. The Morgan fingerprint density at radius 1 is 1.03 bits per heavy atom. The summed E-state index contributed by atoms with van der Waals surface area (Å²) < 4.78 is 3.19. The van der Waals surface area contributed by atoms with Crippen LogP contribution in [0.2, 0.25) is 10.0 Å². The van der Waals surface area contributed by atoms with E-state index < -0.39 is 0 Å². The maximum absolute atomic E-state index is 12.5.